The maximum absolute atomic E-state index is 5.97. The van der Waals surface area contributed by atoms with Gasteiger partial charge in [0.25, 0.3) is 0 Å². The van der Waals surface area contributed by atoms with Gasteiger partial charge in [0.1, 0.15) is 5.82 Å². The minimum Gasteiger partial charge on any atom is -0.354 e. The van der Waals surface area contributed by atoms with Gasteiger partial charge < -0.3 is 4.90 Å². The van der Waals surface area contributed by atoms with Crippen LogP contribution < -0.4 is 4.90 Å². The molecule has 0 atom stereocenters. The Hall–Kier alpha value is -0.760. The van der Waals surface area contributed by atoms with Crippen LogP contribution in [0, 0.1) is 0 Å². The third-order valence-corrected chi connectivity index (χ3v) is 3.68. The van der Waals surface area contributed by atoms with Crippen molar-refractivity contribution < 1.29 is 0 Å². The van der Waals surface area contributed by atoms with E-state index in [4.69, 9.17) is 11.6 Å². The number of anilines is 1. The van der Waals surface area contributed by atoms with Gasteiger partial charge in [-0.25, -0.2) is 4.98 Å². The largest absolute Gasteiger partial charge is 0.354 e. The van der Waals surface area contributed by atoms with E-state index in [1.165, 1.54) is 25.7 Å². The fraction of sp³-hybridized carbons (Fsp3) is 0.615. The van der Waals surface area contributed by atoms with E-state index >= 15 is 0 Å². The molecule has 16 heavy (non-hydrogen) atoms. The minimum atomic E-state index is 0.548. The number of nitrogens with zero attached hydrogens (tertiary/aromatic N) is 2. The summed E-state index contributed by atoms with van der Waals surface area (Å²) in [6.45, 7) is 3.22. The molecule has 1 aromatic rings. The Labute approximate surface area is 103 Å². The standard InChI is InChI=1S/C13H19ClN2/c1-2-16(12-7-3-4-8-12)13-11(10-14)6-5-9-15-13/h5-6,9,12H,2-4,7-8,10H2,1H3. The summed E-state index contributed by atoms with van der Waals surface area (Å²) in [5, 5.41) is 0. The number of aromatic nitrogens is 1. The fourth-order valence-corrected chi connectivity index (χ4v) is 2.80. The molecule has 1 aromatic heterocycles. The lowest BCUT2D eigenvalue weighted by Gasteiger charge is -2.30. The number of rotatable bonds is 4. The second-order valence-corrected chi connectivity index (χ2v) is 4.61. The SMILES string of the molecule is CCN(c1ncccc1CCl)C1CCCC1. The average Bonchev–Trinajstić information content (AvgIpc) is 2.84. The highest BCUT2D eigenvalue weighted by atomic mass is 35.5. The van der Waals surface area contributed by atoms with E-state index in [2.05, 4.69) is 22.9 Å². The van der Waals surface area contributed by atoms with Crippen LogP contribution in [0.2, 0.25) is 0 Å². The monoisotopic (exact) mass is 238 g/mol. The van der Waals surface area contributed by atoms with Crippen molar-refractivity contribution in [3.8, 4) is 0 Å². The summed E-state index contributed by atoms with van der Waals surface area (Å²) in [6, 6.07) is 4.71. The van der Waals surface area contributed by atoms with Crippen LogP contribution in [0.5, 0.6) is 0 Å². The topological polar surface area (TPSA) is 16.1 Å². The molecule has 2 nitrogen and oxygen atoms in total. The first-order valence-electron chi connectivity index (χ1n) is 6.13. The Kier molecular flexibility index (Phi) is 4.05. The molecule has 0 aliphatic heterocycles. The maximum atomic E-state index is 5.97. The molecule has 1 fully saturated rings. The van der Waals surface area contributed by atoms with Gasteiger partial charge in [0, 0.05) is 24.3 Å². The van der Waals surface area contributed by atoms with Crippen LogP contribution in [0.25, 0.3) is 0 Å². The average molecular weight is 239 g/mol. The molecule has 0 aromatic carbocycles. The molecule has 0 bridgehead atoms. The van der Waals surface area contributed by atoms with E-state index in [-0.39, 0.29) is 0 Å². The Morgan fingerprint density at radius 3 is 2.81 bits per heavy atom. The minimum absolute atomic E-state index is 0.548. The molecular weight excluding hydrogens is 220 g/mol. The lowest BCUT2D eigenvalue weighted by Crippen LogP contribution is -2.34. The number of pyridine rings is 1. The molecule has 1 aliphatic carbocycles. The van der Waals surface area contributed by atoms with E-state index in [1.807, 2.05) is 12.3 Å². The van der Waals surface area contributed by atoms with Crippen LogP contribution in [0.3, 0.4) is 0 Å². The second kappa shape index (κ2) is 5.53. The van der Waals surface area contributed by atoms with Gasteiger partial charge in [-0.05, 0) is 25.8 Å². The smallest absolute Gasteiger partial charge is 0.133 e. The molecule has 0 radical (unpaired) electrons. The first-order chi connectivity index (χ1) is 7.86. The first kappa shape index (κ1) is 11.7. The second-order valence-electron chi connectivity index (χ2n) is 4.34. The molecule has 3 heteroatoms. The van der Waals surface area contributed by atoms with Gasteiger partial charge in [-0.15, -0.1) is 11.6 Å². The highest BCUT2D eigenvalue weighted by Gasteiger charge is 2.23. The Morgan fingerprint density at radius 1 is 1.44 bits per heavy atom. The van der Waals surface area contributed by atoms with Gasteiger partial charge in [0.05, 0.1) is 5.88 Å². The molecule has 0 saturated heterocycles. The van der Waals surface area contributed by atoms with Crippen molar-refractivity contribution in [2.75, 3.05) is 11.4 Å². The van der Waals surface area contributed by atoms with Crippen LogP contribution in [0.1, 0.15) is 38.2 Å². The van der Waals surface area contributed by atoms with E-state index in [9.17, 15) is 0 Å². The third kappa shape index (κ3) is 2.32. The van der Waals surface area contributed by atoms with Crippen molar-refractivity contribution in [1.29, 1.82) is 0 Å². The molecule has 88 valence electrons. The van der Waals surface area contributed by atoms with Crippen molar-refractivity contribution >= 4 is 17.4 Å². The maximum Gasteiger partial charge on any atom is 0.133 e. The summed E-state index contributed by atoms with van der Waals surface area (Å²) in [5.41, 5.74) is 1.15. The number of alkyl halides is 1. The van der Waals surface area contributed by atoms with Gasteiger partial charge in [-0.1, -0.05) is 18.9 Å². The van der Waals surface area contributed by atoms with Crippen molar-refractivity contribution in [2.45, 2.75) is 44.5 Å². The van der Waals surface area contributed by atoms with Gasteiger partial charge in [-0.2, -0.15) is 0 Å². The summed E-state index contributed by atoms with van der Waals surface area (Å²) >= 11 is 5.97. The summed E-state index contributed by atoms with van der Waals surface area (Å²) in [7, 11) is 0. The van der Waals surface area contributed by atoms with E-state index in [0.29, 0.717) is 11.9 Å². The molecule has 0 unspecified atom stereocenters. The van der Waals surface area contributed by atoms with Gasteiger partial charge in [0.2, 0.25) is 0 Å². The highest BCUT2D eigenvalue weighted by Crippen LogP contribution is 2.29. The lowest BCUT2D eigenvalue weighted by molar-refractivity contribution is 0.611. The predicted octanol–water partition coefficient (Wildman–Crippen LogP) is 3.59. The molecule has 1 heterocycles. The zero-order valence-corrected chi connectivity index (χ0v) is 10.6. The molecule has 0 amide bonds. The van der Waals surface area contributed by atoms with Gasteiger partial charge in [0.15, 0.2) is 0 Å². The van der Waals surface area contributed by atoms with Crippen molar-refractivity contribution in [1.82, 2.24) is 4.98 Å². The zero-order chi connectivity index (χ0) is 11.4. The number of halogens is 1. The van der Waals surface area contributed by atoms with E-state index in [0.717, 1.165) is 17.9 Å². The van der Waals surface area contributed by atoms with Crippen molar-refractivity contribution in [3.05, 3.63) is 23.9 Å². The van der Waals surface area contributed by atoms with Crippen LogP contribution >= 0.6 is 11.6 Å². The fourth-order valence-electron chi connectivity index (χ4n) is 2.59. The van der Waals surface area contributed by atoms with Crippen LogP contribution in [-0.2, 0) is 5.88 Å². The molecule has 2 rings (SSSR count). The van der Waals surface area contributed by atoms with E-state index < -0.39 is 0 Å². The Balaban J connectivity index is 2.24. The lowest BCUT2D eigenvalue weighted by atomic mass is 10.2. The normalized spacial score (nSPS) is 16.6. The molecule has 1 saturated carbocycles. The van der Waals surface area contributed by atoms with Crippen LogP contribution in [-0.4, -0.2) is 17.6 Å². The molecular formula is C13H19ClN2. The summed E-state index contributed by atoms with van der Waals surface area (Å²) in [6.07, 6.45) is 7.16. The van der Waals surface area contributed by atoms with Crippen molar-refractivity contribution in [2.24, 2.45) is 0 Å². The zero-order valence-electron chi connectivity index (χ0n) is 9.82. The van der Waals surface area contributed by atoms with Gasteiger partial charge >= 0.3 is 0 Å². The molecule has 1 aliphatic rings. The van der Waals surface area contributed by atoms with Crippen molar-refractivity contribution in [3.63, 3.8) is 0 Å². The third-order valence-electron chi connectivity index (χ3n) is 3.39. The van der Waals surface area contributed by atoms with Crippen LogP contribution in [0.4, 0.5) is 5.82 Å². The first-order valence-corrected chi connectivity index (χ1v) is 6.66. The van der Waals surface area contributed by atoms with Crippen LogP contribution in [0.15, 0.2) is 18.3 Å². The number of hydrogen-bond donors (Lipinski definition) is 0. The predicted molar refractivity (Wildman–Crippen MR) is 69.1 cm³/mol. The Morgan fingerprint density at radius 2 is 2.19 bits per heavy atom. The summed E-state index contributed by atoms with van der Waals surface area (Å²) < 4.78 is 0. The summed E-state index contributed by atoms with van der Waals surface area (Å²) in [4.78, 5) is 6.93. The highest BCUT2D eigenvalue weighted by molar-refractivity contribution is 6.17. The Bertz CT molecular complexity index is 334. The molecule has 0 spiro atoms. The molecule has 0 N–H and O–H groups in total. The summed E-state index contributed by atoms with van der Waals surface area (Å²) in [5.74, 6) is 1.64. The van der Waals surface area contributed by atoms with Gasteiger partial charge in [-0.3, -0.25) is 0 Å². The number of hydrogen-bond acceptors (Lipinski definition) is 2. The van der Waals surface area contributed by atoms with E-state index in [1.54, 1.807) is 0 Å². The quantitative estimate of drug-likeness (QED) is 0.746.